The van der Waals surface area contributed by atoms with Gasteiger partial charge in [0.25, 0.3) is 17.4 Å². The topological polar surface area (TPSA) is 70.7 Å². The molecule has 7 heteroatoms. The van der Waals surface area contributed by atoms with Crippen molar-refractivity contribution in [1.82, 2.24) is 0 Å². The highest BCUT2D eigenvalue weighted by Gasteiger charge is 2.47. The van der Waals surface area contributed by atoms with Gasteiger partial charge in [0.15, 0.2) is 0 Å². The third-order valence-corrected chi connectivity index (χ3v) is 5.45. The average molecular weight is 400 g/mol. The second-order valence-corrected chi connectivity index (χ2v) is 7.72. The molecule has 4 rings (SSSR count). The van der Waals surface area contributed by atoms with Gasteiger partial charge in [0.1, 0.15) is 5.75 Å². The Morgan fingerprint density at radius 3 is 2.57 bits per heavy atom. The molecule has 0 bridgehead atoms. The van der Waals surface area contributed by atoms with Crippen molar-refractivity contribution >= 4 is 40.5 Å². The first-order valence-electron chi connectivity index (χ1n) is 9.42. The van der Waals surface area contributed by atoms with Gasteiger partial charge < -0.3 is 20.3 Å². The van der Waals surface area contributed by atoms with Gasteiger partial charge in [-0.25, -0.2) is 0 Å². The van der Waals surface area contributed by atoms with E-state index in [2.05, 4.69) is 15.5 Å². The predicted molar refractivity (Wildman–Crippen MR) is 110 cm³/mol. The van der Waals surface area contributed by atoms with Crippen LogP contribution in [0.2, 0.25) is 5.02 Å². The summed E-state index contributed by atoms with van der Waals surface area (Å²) in [5.41, 5.74) is 0.534. The first kappa shape index (κ1) is 18.6. The summed E-state index contributed by atoms with van der Waals surface area (Å²) in [6.07, 6.45) is 3.69. The molecule has 0 aliphatic carbocycles. The minimum atomic E-state index is -1.67. The molecule has 0 radical (unpaired) electrons. The number of carbonyl (C=O) groups excluding carboxylic acids is 2. The zero-order chi connectivity index (χ0) is 19.7. The first-order chi connectivity index (χ1) is 13.5. The summed E-state index contributed by atoms with van der Waals surface area (Å²) in [6.45, 7) is 3.57. The van der Waals surface area contributed by atoms with E-state index in [0.717, 1.165) is 18.8 Å². The van der Waals surface area contributed by atoms with Crippen LogP contribution in [-0.2, 0) is 9.59 Å². The highest BCUT2D eigenvalue weighted by Crippen LogP contribution is 2.36. The Hall–Kier alpha value is -2.73. The molecule has 28 heavy (non-hydrogen) atoms. The molecule has 0 aromatic heterocycles. The third-order valence-electron chi connectivity index (χ3n) is 5.22. The SMILES string of the molecule is CC1(C(=O)Nc2ccc(N3CCCCC3)cc2)Oc2ccc(Cl)cc2NC1=O. The van der Waals surface area contributed by atoms with E-state index < -0.39 is 17.4 Å². The number of nitrogens with zero attached hydrogens (tertiary/aromatic N) is 1. The van der Waals surface area contributed by atoms with E-state index in [1.54, 1.807) is 18.2 Å². The van der Waals surface area contributed by atoms with E-state index in [1.165, 1.54) is 26.2 Å². The van der Waals surface area contributed by atoms with Crippen LogP contribution in [0.15, 0.2) is 42.5 Å². The van der Waals surface area contributed by atoms with E-state index in [9.17, 15) is 9.59 Å². The van der Waals surface area contributed by atoms with Crippen molar-refractivity contribution in [1.29, 1.82) is 0 Å². The van der Waals surface area contributed by atoms with Crippen LogP contribution in [-0.4, -0.2) is 30.5 Å². The van der Waals surface area contributed by atoms with Gasteiger partial charge in [0, 0.05) is 29.5 Å². The molecule has 6 nitrogen and oxygen atoms in total. The smallest absolute Gasteiger partial charge is 0.278 e. The fourth-order valence-corrected chi connectivity index (χ4v) is 3.68. The van der Waals surface area contributed by atoms with Crippen molar-refractivity contribution in [2.24, 2.45) is 0 Å². The standard InChI is InChI=1S/C21H22ClN3O3/c1-21(20(27)24-17-13-14(22)5-10-18(17)28-21)19(26)23-15-6-8-16(9-7-15)25-11-3-2-4-12-25/h5-10,13H,2-4,11-12H2,1H3,(H,23,26)(H,24,27). The molecule has 2 N–H and O–H groups in total. The van der Waals surface area contributed by atoms with Gasteiger partial charge in [-0.15, -0.1) is 0 Å². The molecule has 0 spiro atoms. The molecule has 2 aliphatic heterocycles. The van der Waals surface area contributed by atoms with Gasteiger partial charge in [0.2, 0.25) is 0 Å². The highest BCUT2D eigenvalue weighted by molar-refractivity contribution is 6.31. The quantitative estimate of drug-likeness (QED) is 0.763. The van der Waals surface area contributed by atoms with Crippen LogP contribution in [0.25, 0.3) is 0 Å². The van der Waals surface area contributed by atoms with Gasteiger partial charge >= 0.3 is 0 Å². The Labute approximate surface area is 168 Å². The molecule has 2 heterocycles. The number of benzene rings is 2. The molecule has 2 amide bonds. The van der Waals surface area contributed by atoms with Crippen molar-refractivity contribution in [2.45, 2.75) is 31.8 Å². The summed E-state index contributed by atoms with van der Waals surface area (Å²) in [4.78, 5) is 27.7. The number of rotatable bonds is 3. The maximum absolute atomic E-state index is 12.8. The van der Waals surface area contributed by atoms with Gasteiger partial charge in [-0.05, 0) is 68.7 Å². The number of amides is 2. The summed E-state index contributed by atoms with van der Waals surface area (Å²) < 4.78 is 5.75. The van der Waals surface area contributed by atoms with Gasteiger partial charge in [0.05, 0.1) is 5.69 Å². The number of ether oxygens (including phenoxy) is 1. The highest BCUT2D eigenvalue weighted by atomic mass is 35.5. The molecular weight excluding hydrogens is 378 g/mol. The Balaban J connectivity index is 1.48. The van der Waals surface area contributed by atoms with Crippen molar-refractivity contribution in [3.8, 4) is 5.75 Å². The summed E-state index contributed by atoms with van der Waals surface area (Å²) in [5.74, 6) is -0.664. The third kappa shape index (κ3) is 3.52. The number of piperidine rings is 1. The van der Waals surface area contributed by atoms with Crippen LogP contribution in [0.1, 0.15) is 26.2 Å². The van der Waals surface area contributed by atoms with Crippen LogP contribution in [0.4, 0.5) is 17.1 Å². The molecule has 1 saturated heterocycles. The maximum atomic E-state index is 12.8. The molecule has 146 valence electrons. The monoisotopic (exact) mass is 399 g/mol. The number of nitrogens with one attached hydrogen (secondary N) is 2. The van der Waals surface area contributed by atoms with Crippen molar-refractivity contribution < 1.29 is 14.3 Å². The Morgan fingerprint density at radius 2 is 1.86 bits per heavy atom. The normalized spacial score (nSPS) is 21.4. The number of carbonyl (C=O) groups is 2. The summed E-state index contributed by atoms with van der Waals surface area (Å²) in [5, 5.41) is 5.96. The molecular formula is C21H22ClN3O3. The van der Waals surface area contributed by atoms with E-state index in [4.69, 9.17) is 16.3 Å². The summed E-state index contributed by atoms with van der Waals surface area (Å²) >= 11 is 5.94. The van der Waals surface area contributed by atoms with Crippen molar-refractivity contribution in [3.05, 3.63) is 47.5 Å². The Kier molecular flexibility index (Phi) is 4.89. The fourth-order valence-electron chi connectivity index (χ4n) is 3.50. The average Bonchev–Trinajstić information content (AvgIpc) is 2.70. The Morgan fingerprint density at radius 1 is 1.14 bits per heavy atom. The number of halogens is 1. The lowest BCUT2D eigenvalue weighted by molar-refractivity contribution is -0.143. The molecule has 0 saturated carbocycles. The lowest BCUT2D eigenvalue weighted by Crippen LogP contribution is -2.56. The lowest BCUT2D eigenvalue weighted by atomic mass is 10.0. The second kappa shape index (κ2) is 7.36. The second-order valence-electron chi connectivity index (χ2n) is 7.28. The molecule has 2 aliphatic rings. The summed E-state index contributed by atoms with van der Waals surface area (Å²) in [6, 6.07) is 12.5. The van der Waals surface area contributed by atoms with E-state index in [1.807, 2.05) is 24.3 Å². The van der Waals surface area contributed by atoms with Crippen molar-refractivity contribution in [2.75, 3.05) is 28.6 Å². The Bertz CT molecular complexity index is 910. The maximum Gasteiger partial charge on any atom is 0.278 e. The van der Waals surface area contributed by atoms with Gasteiger partial charge in [-0.2, -0.15) is 0 Å². The van der Waals surface area contributed by atoms with Gasteiger partial charge in [-0.3, -0.25) is 9.59 Å². The zero-order valence-corrected chi connectivity index (χ0v) is 16.4. The first-order valence-corrected chi connectivity index (χ1v) is 9.80. The molecule has 2 aromatic carbocycles. The zero-order valence-electron chi connectivity index (χ0n) is 15.6. The number of anilines is 3. The van der Waals surface area contributed by atoms with E-state index in [-0.39, 0.29) is 0 Å². The molecule has 1 atom stereocenters. The number of hydrogen-bond donors (Lipinski definition) is 2. The summed E-state index contributed by atoms with van der Waals surface area (Å²) in [7, 11) is 0. The van der Waals surface area contributed by atoms with Gasteiger partial charge in [-0.1, -0.05) is 11.6 Å². The van der Waals surface area contributed by atoms with Crippen LogP contribution in [0, 0.1) is 0 Å². The van der Waals surface area contributed by atoms with Crippen LogP contribution in [0.3, 0.4) is 0 Å². The molecule has 2 aromatic rings. The largest absolute Gasteiger partial charge is 0.466 e. The minimum Gasteiger partial charge on any atom is -0.466 e. The van der Waals surface area contributed by atoms with Crippen LogP contribution < -0.4 is 20.3 Å². The molecule has 1 fully saturated rings. The lowest BCUT2D eigenvalue weighted by Gasteiger charge is -2.33. The van der Waals surface area contributed by atoms with E-state index in [0.29, 0.717) is 22.1 Å². The molecule has 1 unspecified atom stereocenters. The predicted octanol–water partition coefficient (Wildman–Crippen LogP) is 4.06. The number of fused-ring (bicyclic) bond motifs is 1. The van der Waals surface area contributed by atoms with Crippen LogP contribution in [0.5, 0.6) is 5.75 Å². The minimum absolute atomic E-state index is 0.405. The fraction of sp³-hybridized carbons (Fsp3) is 0.333. The van der Waals surface area contributed by atoms with Crippen LogP contribution >= 0.6 is 11.6 Å². The number of hydrogen-bond acceptors (Lipinski definition) is 4. The van der Waals surface area contributed by atoms with E-state index >= 15 is 0 Å². The van der Waals surface area contributed by atoms with Crippen molar-refractivity contribution in [3.63, 3.8) is 0 Å².